The summed E-state index contributed by atoms with van der Waals surface area (Å²) in [6, 6.07) is 0.706. The summed E-state index contributed by atoms with van der Waals surface area (Å²) < 4.78 is 2.25. The lowest BCUT2D eigenvalue weighted by molar-refractivity contribution is 0.554. The Kier molecular flexibility index (Phi) is 2.62. The van der Waals surface area contributed by atoms with Gasteiger partial charge in [-0.2, -0.15) is 0 Å². The first-order valence-electron chi connectivity index (χ1n) is 6.66. The minimum atomic E-state index is 0.706. The molecule has 1 aromatic rings. The number of nitrogens with zero attached hydrogens (tertiary/aromatic N) is 2. The predicted octanol–water partition coefficient (Wildman–Crippen LogP) is 2.89. The number of hydrogen-bond acceptors (Lipinski definition) is 2. The molecule has 0 spiro atoms. The van der Waals surface area contributed by atoms with Crippen molar-refractivity contribution in [1.82, 2.24) is 9.55 Å². The maximum absolute atomic E-state index is 4.45. The summed E-state index contributed by atoms with van der Waals surface area (Å²) in [5.74, 6) is 2.95. The number of hydrogen-bond donors (Lipinski definition) is 1. The minimum absolute atomic E-state index is 0.706. The molecule has 0 amide bonds. The van der Waals surface area contributed by atoms with Crippen LogP contribution in [0, 0.1) is 11.8 Å². The molecule has 3 rings (SSSR count). The zero-order chi connectivity index (χ0) is 11.0. The molecule has 0 bridgehead atoms. The van der Waals surface area contributed by atoms with Gasteiger partial charge in [0.25, 0.3) is 0 Å². The van der Waals surface area contributed by atoms with E-state index in [1.165, 1.54) is 32.1 Å². The van der Waals surface area contributed by atoms with Crippen molar-refractivity contribution in [3.05, 3.63) is 12.4 Å². The molecule has 0 aromatic carbocycles. The van der Waals surface area contributed by atoms with Gasteiger partial charge in [0.05, 0.1) is 0 Å². The summed E-state index contributed by atoms with van der Waals surface area (Å²) in [6.45, 7) is 3.29. The normalized spacial score (nSPS) is 20.4. The Hall–Kier alpha value is -0.990. The number of imidazole rings is 1. The van der Waals surface area contributed by atoms with Crippen molar-refractivity contribution >= 4 is 5.95 Å². The fourth-order valence-electron chi connectivity index (χ4n) is 2.55. The molecule has 2 aliphatic carbocycles. The first-order chi connectivity index (χ1) is 7.88. The number of aryl methyl sites for hydroxylation is 1. The Labute approximate surface area is 97.3 Å². The van der Waals surface area contributed by atoms with E-state index >= 15 is 0 Å². The number of aromatic nitrogens is 2. The molecule has 3 nitrogen and oxygen atoms in total. The van der Waals surface area contributed by atoms with Crippen LogP contribution in [0.15, 0.2) is 12.4 Å². The maximum atomic E-state index is 4.45. The Morgan fingerprint density at radius 2 is 2.06 bits per heavy atom. The summed E-state index contributed by atoms with van der Waals surface area (Å²) in [6.07, 6.45) is 10.8. The van der Waals surface area contributed by atoms with Crippen LogP contribution in [-0.4, -0.2) is 15.6 Å². The third kappa shape index (κ3) is 2.08. The van der Waals surface area contributed by atoms with Crippen molar-refractivity contribution in [2.45, 2.75) is 51.6 Å². The first-order valence-corrected chi connectivity index (χ1v) is 6.66. The van der Waals surface area contributed by atoms with Crippen LogP contribution in [0.4, 0.5) is 5.95 Å². The van der Waals surface area contributed by atoms with Crippen molar-refractivity contribution in [2.75, 3.05) is 5.32 Å². The molecule has 0 unspecified atom stereocenters. The van der Waals surface area contributed by atoms with E-state index in [4.69, 9.17) is 0 Å². The van der Waals surface area contributed by atoms with Gasteiger partial charge in [-0.25, -0.2) is 4.98 Å². The van der Waals surface area contributed by atoms with E-state index < -0.39 is 0 Å². The maximum Gasteiger partial charge on any atom is 0.203 e. The van der Waals surface area contributed by atoms with Crippen LogP contribution < -0.4 is 5.32 Å². The highest BCUT2D eigenvalue weighted by Crippen LogP contribution is 2.45. The smallest absolute Gasteiger partial charge is 0.203 e. The van der Waals surface area contributed by atoms with Crippen LogP contribution in [0.3, 0.4) is 0 Å². The first kappa shape index (κ1) is 10.2. The summed E-state index contributed by atoms with van der Waals surface area (Å²) in [7, 11) is 0. The van der Waals surface area contributed by atoms with E-state index in [1.54, 1.807) is 0 Å². The van der Waals surface area contributed by atoms with Gasteiger partial charge in [-0.15, -0.1) is 0 Å². The summed E-state index contributed by atoms with van der Waals surface area (Å²) >= 11 is 0. The molecule has 88 valence electrons. The van der Waals surface area contributed by atoms with Gasteiger partial charge in [0.2, 0.25) is 5.95 Å². The third-order valence-electron chi connectivity index (χ3n) is 3.74. The zero-order valence-corrected chi connectivity index (χ0v) is 10.0. The van der Waals surface area contributed by atoms with E-state index in [1.807, 2.05) is 6.20 Å². The van der Waals surface area contributed by atoms with Crippen LogP contribution in [0.2, 0.25) is 0 Å². The molecule has 1 aromatic heterocycles. The van der Waals surface area contributed by atoms with Crippen molar-refractivity contribution < 1.29 is 0 Å². The lowest BCUT2D eigenvalue weighted by Gasteiger charge is -2.19. The molecule has 2 fully saturated rings. The fourth-order valence-corrected chi connectivity index (χ4v) is 2.55. The molecule has 2 aliphatic rings. The van der Waals surface area contributed by atoms with E-state index in [9.17, 15) is 0 Å². The SMILES string of the molecule is CCCn1ccnc1NC(C1CC1)C1CC1. The average molecular weight is 219 g/mol. The van der Waals surface area contributed by atoms with Crippen molar-refractivity contribution in [1.29, 1.82) is 0 Å². The monoisotopic (exact) mass is 219 g/mol. The largest absolute Gasteiger partial charge is 0.352 e. The van der Waals surface area contributed by atoms with Crippen molar-refractivity contribution in [2.24, 2.45) is 11.8 Å². The van der Waals surface area contributed by atoms with E-state index in [0.29, 0.717) is 6.04 Å². The van der Waals surface area contributed by atoms with Crippen LogP contribution in [0.25, 0.3) is 0 Å². The summed E-state index contributed by atoms with van der Waals surface area (Å²) in [5.41, 5.74) is 0. The summed E-state index contributed by atoms with van der Waals surface area (Å²) in [5, 5.41) is 3.69. The van der Waals surface area contributed by atoms with Gasteiger partial charge in [-0.05, 0) is 43.9 Å². The number of rotatable bonds is 6. The Morgan fingerprint density at radius 1 is 1.38 bits per heavy atom. The van der Waals surface area contributed by atoms with Gasteiger partial charge >= 0.3 is 0 Å². The Bertz CT molecular complexity index is 338. The molecule has 3 heteroatoms. The highest BCUT2D eigenvalue weighted by Gasteiger charge is 2.41. The Balaban J connectivity index is 1.68. The van der Waals surface area contributed by atoms with Crippen LogP contribution in [0.1, 0.15) is 39.0 Å². The standard InChI is InChI=1S/C13H21N3/c1-2-8-16-9-7-14-13(16)15-12(10-3-4-10)11-5-6-11/h7,9-12H,2-6,8H2,1H3,(H,14,15). The minimum Gasteiger partial charge on any atom is -0.352 e. The molecule has 0 saturated heterocycles. The predicted molar refractivity (Wildman–Crippen MR) is 65.4 cm³/mol. The molecule has 0 atom stereocenters. The van der Waals surface area contributed by atoms with Gasteiger partial charge in [0.1, 0.15) is 0 Å². The number of anilines is 1. The van der Waals surface area contributed by atoms with Crippen LogP contribution in [0.5, 0.6) is 0 Å². The molecule has 0 radical (unpaired) electrons. The van der Waals surface area contributed by atoms with E-state index in [-0.39, 0.29) is 0 Å². The second-order valence-corrected chi connectivity index (χ2v) is 5.29. The average Bonchev–Trinajstić information content (AvgIpc) is 3.18. The van der Waals surface area contributed by atoms with Gasteiger partial charge in [0, 0.05) is 25.0 Å². The lowest BCUT2D eigenvalue weighted by atomic mass is 10.1. The van der Waals surface area contributed by atoms with Gasteiger partial charge in [0.15, 0.2) is 0 Å². The molecule has 16 heavy (non-hydrogen) atoms. The topological polar surface area (TPSA) is 29.9 Å². The Morgan fingerprint density at radius 3 is 2.62 bits per heavy atom. The molecular formula is C13H21N3. The van der Waals surface area contributed by atoms with Crippen molar-refractivity contribution in [3.63, 3.8) is 0 Å². The number of nitrogens with one attached hydrogen (secondary N) is 1. The molecule has 2 saturated carbocycles. The zero-order valence-electron chi connectivity index (χ0n) is 10.0. The fraction of sp³-hybridized carbons (Fsp3) is 0.769. The highest BCUT2D eigenvalue weighted by molar-refractivity contribution is 5.30. The van der Waals surface area contributed by atoms with E-state index in [0.717, 1.165) is 24.3 Å². The molecular weight excluding hydrogens is 198 g/mol. The second kappa shape index (κ2) is 4.11. The molecule has 0 aliphatic heterocycles. The molecule has 1 N–H and O–H groups in total. The lowest BCUT2D eigenvalue weighted by Crippen LogP contribution is -2.26. The van der Waals surface area contributed by atoms with Gasteiger partial charge < -0.3 is 9.88 Å². The summed E-state index contributed by atoms with van der Waals surface area (Å²) in [4.78, 5) is 4.45. The quantitative estimate of drug-likeness (QED) is 0.797. The van der Waals surface area contributed by atoms with Crippen molar-refractivity contribution in [3.8, 4) is 0 Å². The van der Waals surface area contributed by atoms with Gasteiger partial charge in [-0.1, -0.05) is 6.92 Å². The third-order valence-corrected chi connectivity index (χ3v) is 3.74. The highest BCUT2D eigenvalue weighted by atomic mass is 15.2. The van der Waals surface area contributed by atoms with Crippen LogP contribution >= 0.6 is 0 Å². The van der Waals surface area contributed by atoms with E-state index in [2.05, 4.69) is 28.0 Å². The molecule has 1 heterocycles. The van der Waals surface area contributed by atoms with Gasteiger partial charge in [-0.3, -0.25) is 0 Å². The second-order valence-electron chi connectivity index (χ2n) is 5.29. The van der Waals surface area contributed by atoms with Crippen LogP contribution in [-0.2, 0) is 6.54 Å².